The number of nitrogens with one attached hydrogen (secondary N) is 1. The van der Waals surface area contributed by atoms with E-state index in [4.69, 9.17) is 5.11 Å². The first-order valence-corrected chi connectivity index (χ1v) is 5.21. The van der Waals surface area contributed by atoms with Crippen molar-refractivity contribution in [2.24, 2.45) is 5.92 Å². The van der Waals surface area contributed by atoms with Gasteiger partial charge in [-0.25, -0.2) is 0 Å². The number of hydrogen-bond donors (Lipinski definition) is 2. The van der Waals surface area contributed by atoms with Crippen molar-refractivity contribution in [1.82, 2.24) is 5.32 Å². The van der Waals surface area contributed by atoms with E-state index in [2.05, 4.69) is 31.3 Å². The fraction of sp³-hybridized carbons (Fsp3) is 0.727. The van der Waals surface area contributed by atoms with Gasteiger partial charge in [-0.2, -0.15) is 0 Å². The first-order chi connectivity index (χ1) is 6.66. The molecule has 0 spiro atoms. The van der Waals surface area contributed by atoms with Crippen molar-refractivity contribution >= 4 is 5.91 Å². The predicted octanol–water partition coefficient (Wildman–Crippen LogP) is 1.48. The molecule has 2 N–H and O–H groups in total. The zero-order valence-electron chi connectivity index (χ0n) is 9.12. The highest BCUT2D eigenvalue weighted by Gasteiger charge is 1.97. The van der Waals surface area contributed by atoms with Gasteiger partial charge in [0.25, 0.3) is 0 Å². The molecule has 0 bridgehead atoms. The van der Waals surface area contributed by atoms with Crippen LogP contribution < -0.4 is 5.32 Å². The zero-order chi connectivity index (χ0) is 10.8. The molecule has 3 nitrogen and oxygen atoms in total. The molecule has 0 saturated carbocycles. The smallest absolute Gasteiger partial charge is 0.220 e. The highest BCUT2D eigenvalue weighted by atomic mass is 16.3. The summed E-state index contributed by atoms with van der Waals surface area (Å²) in [4.78, 5) is 11.1. The van der Waals surface area contributed by atoms with Crippen LogP contribution in [0.15, 0.2) is 12.2 Å². The molecule has 0 atom stereocenters. The molecule has 0 unspecified atom stereocenters. The maximum Gasteiger partial charge on any atom is 0.220 e. The van der Waals surface area contributed by atoms with Gasteiger partial charge in [0.1, 0.15) is 0 Å². The minimum absolute atomic E-state index is 0.0129. The van der Waals surface area contributed by atoms with Gasteiger partial charge in [0.05, 0.1) is 6.61 Å². The van der Waals surface area contributed by atoms with Crippen LogP contribution in [-0.2, 0) is 4.79 Å². The topological polar surface area (TPSA) is 49.3 Å². The molecule has 0 saturated heterocycles. The summed E-state index contributed by atoms with van der Waals surface area (Å²) < 4.78 is 0. The SMILES string of the molecule is CC(C)/C=C\CCCC(=O)NCCO. The quantitative estimate of drug-likeness (QED) is 0.482. The third-order valence-electron chi connectivity index (χ3n) is 1.73. The van der Waals surface area contributed by atoms with Crippen molar-refractivity contribution in [2.75, 3.05) is 13.2 Å². The van der Waals surface area contributed by atoms with Crippen LogP contribution in [0.4, 0.5) is 0 Å². The molecular weight excluding hydrogens is 178 g/mol. The molecule has 1 amide bonds. The Kier molecular flexibility index (Phi) is 8.24. The second-order valence-electron chi connectivity index (χ2n) is 3.64. The van der Waals surface area contributed by atoms with Crippen LogP contribution in [0.25, 0.3) is 0 Å². The van der Waals surface area contributed by atoms with E-state index in [9.17, 15) is 4.79 Å². The van der Waals surface area contributed by atoms with Crippen LogP contribution in [-0.4, -0.2) is 24.2 Å². The summed E-state index contributed by atoms with van der Waals surface area (Å²) in [5, 5.41) is 11.1. The highest BCUT2D eigenvalue weighted by molar-refractivity contribution is 5.75. The zero-order valence-corrected chi connectivity index (χ0v) is 9.12. The fourth-order valence-electron chi connectivity index (χ4n) is 1.03. The van der Waals surface area contributed by atoms with Crippen molar-refractivity contribution in [3.05, 3.63) is 12.2 Å². The summed E-state index contributed by atoms with van der Waals surface area (Å²) in [5.41, 5.74) is 0. The van der Waals surface area contributed by atoms with E-state index in [0.717, 1.165) is 12.8 Å². The maximum absolute atomic E-state index is 11.1. The number of rotatable bonds is 7. The lowest BCUT2D eigenvalue weighted by atomic mass is 10.1. The number of amides is 1. The van der Waals surface area contributed by atoms with Crippen LogP contribution in [0.2, 0.25) is 0 Å². The number of carbonyl (C=O) groups is 1. The van der Waals surface area contributed by atoms with Crippen LogP contribution in [0, 0.1) is 5.92 Å². The normalized spacial score (nSPS) is 11.1. The van der Waals surface area contributed by atoms with E-state index >= 15 is 0 Å². The standard InChI is InChI=1S/C11H21NO2/c1-10(2)6-4-3-5-7-11(14)12-8-9-13/h4,6,10,13H,3,5,7-9H2,1-2H3,(H,12,14)/b6-4-. The Hall–Kier alpha value is -0.830. The molecule has 0 heterocycles. The first-order valence-electron chi connectivity index (χ1n) is 5.21. The number of aliphatic hydroxyl groups excluding tert-OH is 1. The molecule has 0 radical (unpaired) electrons. The van der Waals surface area contributed by atoms with Gasteiger partial charge in [0.2, 0.25) is 5.91 Å². The molecule has 0 aromatic rings. The van der Waals surface area contributed by atoms with Crippen molar-refractivity contribution in [3.63, 3.8) is 0 Å². The molecule has 0 aromatic carbocycles. The van der Waals surface area contributed by atoms with E-state index < -0.39 is 0 Å². The minimum atomic E-state index is 0.0129. The lowest BCUT2D eigenvalue weighted by Crippen LogP contribution is -2.25. The van der Waals surface area contributed by atoms with Crippen LogP contribution in [0.5, 0.6) is 0 Å². The summed E-state index contributed by atoms with van der Waals surface area (Å²) >= 11 is 0. The molecule has 0 aromatic heterocycles. The van der Waals surface area contributed by atoms with Gasteiger partial charge in [0.15, 0.2) is 0 Å². The van der Waals surface area contributed by atoms with Crippen molar-refractivity contribution < 1.29 is 9.90 Å². The molecule has 82 valence electrons. The third-order valence-corrected chi connectivity index (χ3v) is 1.73. The van der Waals surface area contributed by atoms with Crippen molar-refractivity contribution in [1.29, 1.82) is 0 Å². The van der Waals surface area contributed by atoms with Gasteiger partial charge < -0.3 is 10.4 Å². The lowest BCUT2D eigenvalue weighted by molar-refractivity contribution is -0.121. The maximum atomic E-state index is 11.1. The Balaban J connectivity index is 3.31. The molecule has 0 aliphatic heterocycles. The monoisotopic (exact) mass is 199 g/mol. The highest BCUT2D eigenvalue weighted by Crippen LogP contribution is 2.00. The summed E-state index contributed by atoms with van der Waals surface area (Å²) in [7, 11) is 0. The lowest BCUT2D eigenvalue weighted by Gasteiger charge is -2.01. The summed E-state index contributed by atoms with van der Waals surface area (Å²) in [5.74, 6) is 0.607. The fourth-order valence-corrected chi connectivity index (χ4v) is 1.03. The number of carbonyl (C=O) groups excluding carboxylic acids is 1. The molecule has 14 heavy (non-hydrogen) atoms. The van der Waals surface area contributed by atoms with E-state index in [-0.39, 0.29) is 12.5 Å². The Labute approximate surface area is 86.2 Å². The molecule has 0 aliphatic carbocycles. The number of hydrogen-bond acceptors (Lipinski definition) is 2. The number of unbranched alkanes of at least 4 members (excludes halogenated alkanes) is 1. The largest absolute Gasteiger partial charge is 0.395 e. The number of allylic oxidation sites excluding steroid dienone is 2. The Morgan fingerprint density at radius 3 is 2.79 bits per heavy atom. The van der Waals surface area contributed by atoms with Gasteiger partial charge in [-0.15, -0.1) is 0 Å². The van der Waals surface area contributed by atoms with E-state index in [1.165, 1.54) is 0 Å². The minimum Gasteiger partial charge on any atom is -0.395 e. The predicted molar refractivity (Wildman–Crippen MR) is 57.9 cm³/mol. The summed E-state index contributed by atoms with van der Waals surface area (Å²) in [6, 6.07) is 0. The molecule has 0 rings (SSSR count). The van der Waals surface area contributed by atoms with Gasteiger partial charge >= 0.3 is 0 Å². The summed E-state index contributed by atoms with van der Waals surface area (Å²) in [6.07, 6.45) is 6.63. The van der Waals surface area contributed by atoms with Crippen LogP contribution >= 0.6 is 0 Å². The summed E-state index contributed by atoms with van der Waals surface area (Å²) in [6.45, 7) is 4.63. The first kappa shape index (κ1) is 13.2. The molecule has 0 fully saturated rings. The van der Waals surface area contributed by atoms with Gasteiger partial charge in [-0.05, 0) is 18.8 Å². The van der Waals surface area contributed by atoms with Crippen molar-refractivity contribution in [2.45, 2.75) is 33.1 Å². The molecular formula is C11H21NO2. The van der Waals surface area contributed by atoms with Gasteiger partial charge in [-0.3, -0.25) is 4.79 Å². The second kappa shape index (κ2) is 8.75. The Morgan fingerprint density at radius 1 is 1.50 bits per heavy atom. The van der Waals surface area contributed by atoms with E-state index in [0.29, 0.717) is 18.9 Å². The average molecular weight is 199 g/mol. The van der Waals surface area contributed by atoms with E-state index in [1.807, 2.05) is 0 Å². The molecule has 3 heteroatoms. The van der Waals surface area contributed by atoms with Gasteiger partial charge in [-0.1, -0.05) is 26.0 Å². The number of aliphatic hydroxyl groups is 1. The van der Waals surface area contributed by atoms with E-state index in [1.54, 1.807) is 0 Å². The van der Waals surface area contributed by atoms with Crippen molar-refractivity contribution in [3.8, 4) is 0 Å². The Morgan fingerprint density at radius 2 is 2.21 bits per heavy atom. The average Bonchev–Trinajstić information content (AvgIpc) is 2.13. The third kappa shape index (κ3) is 9.26. The molecule has 0 aliphatic rings. The second-order valence-corrected chi connectivity index (χ2v) is 3.64. The van der Waals surface area contributed by atoms with Crippen LogP contribution in [0.3, 0.4) is 0 Å². The Bertz CT molecular complexity index is 176. The van der Waals surface area contributed by atoms with Gasteiger partial charge in [0, 0.05) is 13.0 Å². The van der Waals surface area contributed by atoms with Crippen LogP contribution in [0.1, 0.15) is 33.1 Å².